The Balaban J connectivity index is 0.00000324. The van der Waals surface area contributed by atoms with Crippen LogP contribution in [0.25, 0.3) is 0 Å². The van der Waals surface area contributed by atoms with Crippen molar-refractivity contribution in [3.05, 3.63) is 28.7 Å². The second-order valence-corrected chi connectivity index (χ2v) is 4.64. The Hall–Kier alpha value is -0.500. The number of nitrogens with one attached hydrogen (secondary N) is 3. The van der Waals surface area contributed by atoms with E-state index >= 15 is 0 Å². The fourth-order valence-corrected chi connectivity index (χ4v) is 1.87. The molecular formula is C13H22BrIN4. The fraction of sp³-hybridized carbons (Fsp3) is 0.462. The van der Waals surface area contributed by atoms with Crippen LogP contribution < -0.4 is 16.0 Å². The standard InChI is InChI=1S/C13H21BrN4.HI/c1-3-15-13(16-4-2)18-9-8-17-12-7-5-6-11(14)10-12;/h5-7,10,17H,3-4,8-9H2,1-2H3,(H2,15,16,18);1H. The van der Waals surface area contributed by atoms with E-state index in [9.17, 15) is 0 Å². The van der Waals surface area contributed by atoms with Crippen molar-refractivity contribution in [2.75, 3.05) is 31.5 Å². The van der Waals surface area contributed by atoms with E-state index in [1.807, 2.05) is 18.2 Å². The summed E-state index contributed by atoms with van der Waals surface area (Å²) in [4.78, 5) is 4.46. The number of nitrogens with zero attached hydrogens (tertiary/aromatic N) is 1. The molecule has 0 heterocycles. The van der Waals surface area contributed by atoms with Crippen molar-refractivity contribution in [2.45, 2.75) is 13.8 Å². The SMILES string of the molecule is CCNC(=NCCNc1cccc(Br)c1)NCC.I. The van der Waals surface area contributed by atoms with Gasteiger partial charge in [0.2, 0.25) is 0 Å². The van der Waals surface area contributed by atoms with E-state index in [0.29, 0.717) is 0 Å². The van der Waals surface area contributed by atoms with Gasteiger partial charge in [0.1, 0.15) is 0 Å². The summed E-state index contributed by atoms with van der Waals surface area (Å²) in [6.45, 7) is 7.44. The zero-order chi connectivity index (χ0) is 13.2. The van der Waals surface area contributed by atoms with Gasteiger partial charge in [-0.15, -0.1) is 24.0 Å². The largest absolute Gasteiger partial charge is 0.383 e. The number of aliphatic imine (C=N–C) groups is 1. The van der Waals surface area contributed by atoms with Crippen molar-refractivity contribution in [1.29, 1.82) is 0 Å². The summed E-state index contributed by atoms with van der Waals surface area (Å²) >= 11 is 3.45. The maximum atomic E-state index is 4.46. The van der Waals surface area contributed by atoms with Gasteiger partial charge < -0.3 is 16.0 Å². The van der Waals surface area contributed by atoms with E-state index in [2.05, 4.69) is 56.8 Å². The van der Waals surface area contributed by atoms with Crippen LogP contribution in [-0.2, 0) is 0 Å². The molecule has 0 aliphatic carbocycles. The van der Waals surface area contributed by atoms with Gasteiger partial charge in [-0.1, -0.05) is 22.0 Å². The molecule has 0 spiro atoms. The third kappa shape index (κ3) is 8.30. The lowest BCUT2D eigenvalue weighted by atomic mass is 10.3. The third-order valence-electron chi connectivity index (χ3n) is 2.22. The minimum atomic E-state index is 0. The van der Waals surface area contributed by atoms with Gasteiger partial charge in [-0.2, -0.15) is 0 Å². The lowest BCUT2D eigenvalue weighted by Gasteiger charge is -2.09. The van der Waals surface area contributed by atoms with Crippen molar-refractivity contribution in [3.63, 3.8) is 0 Å². The highest BCUT2D eigenvalue weighted by atomic mass is 127. The van der Waals surface area contributed by atoms with E-state index in [0.717, 1.165) is 42.3 Å². The number of guanidine groups is 1. The molecule has 0 aliphatic rings. The first kappa shape index (κ1) is 18.5. The normalized spacial score (nSPS) is 9.21. The summed E-state index contributed by atoms with van der Waals surface area (Å²) in [5, 5.41) is 9.72. The maximum Gasteiger partial charge on any atom is 0.191 e. The van der Waals surface area contributed by atoms with Crippen LogP contribution in [0.1, 0.15) is 13.8 Å². The second kappa shape index (κ2) is 11.3. The first-order valence-corrected chi connectivity index (χ1v) is 7.07. The Morgan fingerprint density at radius 2 is 1.89 bits per heavy atom. The zero-order valence-electron chi connectivity index (χ0n) is 11.4. The second-order valence-electron chi connectivity index (χ2n) is 3.73. The molecule has 4 nitrogen and oxygen atoms in total. The van der Waals surface area contributed by atoms with Crippen LogP contribution in [0.2, 0.25) is 0 Å². The zero-order valence-corrected chi connectivity index (χ0v) is 15.3. The van der Waals surface area contributed by atoms with Crippen LogP contribution in [0, 0.1) is 0 Å². The van der Waals surface area contributed by atoms with Gasteiger partial charge in [0.05, 0.1) is 6.54 Å². The van der Waals surface area contributed by atoms with Crippen molar-refractivity contribution in [3.8, 4) is 0 Å². The lowest BCUT2D eigenvalue weighted by Crippen LogP contribution is -2.37. The van der Waals surface area contributed by atoms with E-state index in [4.69, 9.17) is 0 Å². The molecule has 1 rings (SSSR count). The van der Waals surface area contributed by atoms with Gasteiger partial charge in [0, 0.05) is 29.8 Å². The predicted molar refractivity (Wildman–Crippen MR) is 97.7 cm³/mol. The molecule has 0 atom stereocenters. The summed E-state index contributed by atoms with van der Waals surface area (Å²) in [6.07, 6.45) is 0. The lowest BCUT2D eigenvalue weighted by molar-refractivity contribution is 0.840. The summed E-state index contributed by atoms with van der Waals surface area (Å²) in [6, 6.07) is 8.12. The summed E-state index contributed by atoms with van der Waals surface area (Å²) in [5.41, 5.74) is 1.10. The van der Waals surface area contributed by atoms with Crippen LogP contribution >= 0.6 is 39.9 Å². The first-order valence-electron chi connectivity index (χ1n) is 6.28. The van der Waals surface area contributed by atoms with Crippen LogP contribution in [0.3, 0.4) is 0 Å². The average molecular weight is 441 g/mol. The Morgan fingerprint density at radius 1 is 1.21 bits per heavy atom. The van der Waals surface area contributed by atoms with Crippen molar-refractivity contribution in [2.24, 2.45) is 4.99 Å². The summed E-state index contributed by atoms with van der Waals surface area (Å²) < 4.78 is 1.08. The molecule has 0 aliphatic heterocycles. The van der Waals surface area contributed by atoms with E-state index in [-0.39, 0.29) is 24.0 Å². The molecule has 0 bridgehead atoms. The molecular weight excluding hydrogens is 419 g/mol. The Morgan fingerprint density at radius 3 is 2.47 bits per heavy atom. The molecule has 0 saturated carbocycles. The highest BCUT2D eigenvalue weighted by molar-refractivity contribution is 14.0. The third-order valence-corrected chi connectivity index (χ3v) is 2.72. The monoisotopic (exact) mass is 440 g/mol. The minimum Gasteiger partial charge on any atom is -0.383 e. The minimum absolute atomic E-state index is 0. The first-order chi connectivity index (χ1) is 8.76. The Labute approximate surface area is 141 Å². The van der Waals surface area contributed by atoms with Crippen LogP contribution in [0.15, 0.2) is 33.7 Å². The van der Waals surface area contributed by atoms with Gasteiger partial charge in [-0.3, -0.25) is 4.99 Å². The molecule has 0 radical (unpaired) electrons. The molecule has 1 aromatic rings. The molecule has 6 heteroatoms. The summed E-state index contributed by atoms with van der Waals surface area (Å²) in [5.74, 6) is 0.871. The molecule has 19 heavy (non-hydrogen) atoms. The predicted octanol–water partition coefficient (Wildman–Crippen LogP) is 3.05. The number of hydrogen-bond acceptors (Lipinski definition) is 2. The fourth-order valence-electron chi connectivity index (χ4n) is 1.48. The topological polar surface area (TPSA) is 48.5 Å². The molecule has 3 N–H and O–H groups in total. The molecule has 0 aromatic heterocycles. The van der Waals surface area contributed by atoms with Gasteiger partial charge in [0.15, 0.2) is 5.96 Å². The summed E-state index contributed by atoms with van der Waals surface area (Å²) in [7, 11) is 0. The Kier molecular flexibility index (Phi) is 11.0. The highest BCUT2D eigenvalue weighted by Crippen LogP contribution is 2.14. The van der Waals surface area contributed by atoms with E-state index in [1.165, 1.54) is 0 Å². The molecule has 0 unspecified atom stereocenters. The average Bonchev–Trinajstić information content (AvgIpc) is 2.35. The van der Waals surface area contributed by atoms with Crippen molar-refractivity contribution in [1.82, 2.24) is 10.6 Å². The van der Waals surface area contributed by atoms with E-state index < -0.39 is 0 Å². The van der Waals surface area contributed by atoms with Gasteiger partial charge in [-0.05, 0) is 32.0 Å². The molecule has 0 saturated heterocycles. The number of benzene rings is 1. The van der Waals surface area contributed by atoms with Gasteiger partial charge >= 0.3 is 0 Å². The van der Waals surface area contributed by atoms with Crippen LogP contribution in [-0.4, -0.2) is 32.1 Å². The highest BCUT2D eigenvalue weighted by Gasteiger charge is 1.94. The van der Waals surface area contributed by atoms with Gasteiger partial charge in [-0.25, -0.2) is 0 Å². The molecule has 0 fully saturated rings. The quantitative estimate of drug-likeness (QED) is 0.276. The maximum absolute atomic E-state index is 4.46. The molecule has 1 aromatic carbocycles. The number of hydrogen-bond donors (Lipinski definition) is 3. The van der Waals surface area contributed by atoms with Crippen molar-refractivity contribution >= 4 is 51.6 Å². The number of halogens is 2. The van der Waals surface area contributed by atoms with Gasteiger partial charge in [0.25, 0.3) is 0 Å². The number of rotatable bonds is 6. The molecule has 0 amide bonds. The smallest absolute Gasteiger partial charge is 0.191 e. The number of anilines is 1. The van der Waals surface area contributed by atoms with Crippen LogP contribution in [0.4, 0.5) is 5.69 Å². The van der Waals surface area contributed by atoms with E-state index in [1.54, 1.807) is 0 Å². The Bertz CT molecular complexity index is 377. The molecule has 108 valence electrons. The van der Waals surface area contributed by atoms with Crippen molar-refractivity contribution < 1.29 is 0 Å². The van der Waals surface area contributed by atoms with Crippen LogP contribution in [0.5, 0.6) is 0 Å².